The molecule has 0 aromatic carbocycles. The first-order valence-corrected chi connectivity index (χ1v) is 6.38. The number of rotatable bonds is 6. The Balaban J connectivity index is 1.83. The standard InChI is InChI=1S/C12H18ClN3O/c1-8-11(12(13)16(2)15-8)7-10(17)5-6-14-9-3-4-9/h9,14H,3-7H2,1-2H3. The molecule has 1 aliphatic rings. The van der Waals surface area contributed by atoms with Crippen LogP contribution in [0.15, 0.2) is 0 Å². The molecule has 0 spiro atoms. The molecule has 17 heavy (non-hydrogen) atoms. The van der Waals surface area contributed by atoms with Crippen LogP contribution >= 0.6 is 11.6 Å². The minimum absolute atomic E-state index is 0.219. The smallest absolute Gasteiger partial charge is 0.138 e. The van der Waals surface area contributed by atoms with Crippen molar-refractivity contribution in [2.75, 3.05) is 6.54 Å². The first-order valence-electron chi connectivity index (χ1n) is 6.01. The number of aromatic nitrogens is 2. The van der Waals surface area contributed by atoms with Crippen molar-refractivity contribution in [1.29, 1.82) is 0 Å². The average Bonchev–Trinajstić information content (AvgIpc) is 3.04. The van der Waals surface area contributed by atoms with Gasteiger partial charge in [-0.25, -0.2) is 0 Å². The van der Waals surface area contributed by atoms with Crippen molar-refractivity contribution in [3.05, 3.63) is 16.4 Å². The lowest BCUT2D eigenvalue weighted by Gasteiger charge is -2.02. The number of nitrogens with zero attached hydrogens (tertiary/aromatic N) is 2. The van der Waals surface area contributed by atoms with Crippen molar-refractivity contribution >= 4 is 17.4 Å². The highest BCUT2D eigenvalue weighted by atomic mass is 35.5. The summed E-state index contributed by atoms with van der Waals surface area (Å²) < 4.78 is 1.61. The third kappa shape index (κ3) is 3.30. The molecule has 0 radical (unpaired) electrons. The van der Waals surface area contributed by atoms with Gasteiger partial charge in [-0.2, -0.15) is 5.10 Å². The summed E-state index contributed by atoms with van der Waals surface area (Å²) in [6.45, 7) is 2.66. The number of Topliss-reactive ketones (excluding diaryl/α,β-unsaturated/α-hetero) is 1. The summed E-state index contributed by atoms with van der Waals surface area (Å²) >= 11 is 6.09. The molecule has 4 nitrogen and oxygen atoms in total. The van der Waals surface area contributed by atoms with Gasteiger partial charge in [-0.15, -0.1) is 0 Å². The van der Waals surface area contributed by atoms with Crippen LogP contribution in [-0.2, 0) is 18.3 Å². The van der Waals surface area contributed by atoms with E-state index in [1.54, 1.807) is 11.7 Å². The Bertz CT molecular complexity index is 424. The van der Waals surface area contributed by atoms with Gasteiger partial charge in [-0.05, 0) is 19.8 Å². The third-order valence-electron chi connectivity index (χ3n) is 3.06. The van der Waals surface area contributed by atoms with E-state index in [-0.39, 0.29) is 5.78 Å². The lowest BCUT2D eigenvalue weighted by atomic mass is 10.1. The molecule has 1 aromatic rings. The van der Waals surface area contributed by atoms with Crippen LogP contribution in [0.25, 0.3) is 0 Å². The Labute approximate surface area is 106 Å². The average molecular weight is 256 g/mol. The molecule has 1 aliphatic carbocycles. The van der Waals surface area contributed by atoms with Crippen molar-refractivity contribution in [3.8, 4) is 0 Å². The summed E-state index contributed by atoms with van der Waals surface area (Å²) in [4.78, 5) is 11.8. The van der Waals surface area contributed by atoms with Gasteiger partial charge in [-0.1, -0.05) is 11.6 Å². The number of nitrogens with one attached hydrogen (secondary N) is 1. The van der Waals surface area contributed by atoms with Crippen LogP contribution in [-0.4, -0.2) is 28.2 Å². The molecule has 1 fully saturated rings. The largest absolute Gasteiger partial charge is 0.314 e. The highest BCUT2D eigenvalue weighted by Crippen LogP contribution is 2.20. The molecule has 0 amide bonds. The van der Waals surface area contributed by atoms with Crippen molar-refractivity contribution in [2.24, 2.45) is 7.05 Å². The Morgan fingerprint density at radius 3 is 2.82 bits per heavy atom. The highest BCUT2D eigenvalue weighted by molar-refractivity contribution is 6.30. The molecule has 0 atom stereocenters. The fourth-order valence-electron chi connectivity index (χ4n) is 1.86. The maximum absolute atomic E-state index is 11.8. The van der Waals surface area contributed by atoms with Gasteiger partial charge in [0, 0.05) is 38.0 Å². The monoisotopic (exact) mass is 255 g/mol. The van der Waals surface area contributed by atoms with Gasteiger partial charge in [0.05, 0.1) is 5.69 Å². The molecule has 0 aliphatic heterocycles. The number of carbonyl (C=O) groups excluding carboxylic acids is 1. The van der Waals surface area contributed by atoms with Crippen molar-refractivity contribution in [3.63, 3.8) is 0 Å². The van der Waals surface area contributed by atoms with Gasteiger partial charge in [0.2, 0.25) is 0 Å². The molecule has 2 rings (SSSR count). The molecular formula is C12H18ClN3O. The third-order valence-corrected chi connectivity index (χ3v) is 3.53. The summed E-state index contributed by atoms with van der Waals surface area (Å²) in [5.41, 5.74) is 1.71. The van der Waals surface area contributed by atoms with Gasteiger partial charge in [0.25, 0.3) is 0 Å². The van der Waals surface area contributed by atoms with Crippen LogP contribution in [0.3, 0.4) is 0 Å². The Morgan fingerprint density at radius 1 is 1.59 bits per heavy atom. The van der Waals surface area contributed by atoms with Crippen LogP contribution in [0.1, 0.15) is 30.5 Å². The molecule has 94 valence electrons. The predicted molar refractivity (Wildman–Crippen MR) is 67.3 cm³/mol. The van der Waals surface area contributed by atoms with Gasteiger partial charge in [0.1, 0.15) is 10.9 Å². The molecule has 1 heterocycles. The number of hydrogen-bond donors (Lipinski definition) is 1. The second-order valence-corrected chi connectivity index (χ2v) is 5.03. The Hall–Kier alpha value is -0.870. The first-order chi connectivity index (χ1) is 8.08. The quantitative estimate of drug-likeness (QED) is 0.841. The van der Waals surface area contributed by atoms with Crippen LogP contribution in [0.4, 0.5) is 0 Å². The molecule has 1 saturated carbocycles. The number of halogens is 1. The van der Waals surface area contributed by atoms with Gasteiger partial charge >= 0.3 is 0 Å². The fourth-order valence-corrected chi connectivity index (χ4v) is 2.10. The van der Waals surface area contributed by atoms with E-state index in [2.05, 4.69) is 10.4 Å². The topological polar surface area (TPSA) is 46.9 Å². The van der Waals surface area contributed by atoms with E-state index in [0.717, 1.165) is 17.8 Å². The summed E-state index contributed by atoms with van der Waals surface area (Å²) in [7, 11) is 1.79. The summed E-state index contributed by atoms with van der Waals surface area (Å²) in [5, 5.41) is 8.11. The van der Waals surface area contributed by atoms with Gasteiger partial charge in [-0.3, -0.25) is 9.48 Å². The zero-order chi connectivity index (χ0) is 12.4. The van der Waals surface area contributed by atoms with Crippen LogP contribution in [0, 0.1) is 6.92 Å². The predicted octanol–water partition coefficient (Wildman–Crippen LogP) is 1.64. The van der Waals surface area contributed by atoms with E-state index in [0.29, 0.717) is 24.0 Å². The minimum Gasteiger partial charge on any atom is -0.314 e. The molecule has 1 aromatic heterocycles. The minimum atomic E-state index is 0.219. The van der Waals surface area contributed by atoms with Crippen molar-refractivity contribution in [1.82, 2.24) is 15.1 Å². The van der Waals surface area contributed by atoms with Crippen LogP contribution in [0.5, 0.6) is 0 Å². The van der Waals surface area contributed by atoms with E-state index in [4.69, 9.17) is 11.6 Å². The van der Waals surface area contributed by atoms with Crippen LogP contribution < -0.4 is 5.32 Å². The van der Waals surface area contributed by atoms with E-state index in [1.807, 2.05) is 6.92 Å². The highest BCUT2D eigenvalue weighted by Gasteiger charge is 2.20. The molecule has 0 bridgehead atoms. The van der Waals surface area contributed by atoms with Gasteiger partial charge in [0.15, 0.2) is 0 Å². The molecule has 0 saturated heterocycles. The van der Waals surface area contributed by atoms with E-state index in [9.17, 15) is 4.79 Å². The van der Waals surface area contributed by atoms with E-state index < -0.39 is 0 Å². The number of ketones is 1. The SMILES string of the molecule is Cc1nn(C)c(Cl)c1CC(=O)CCNC1CC1. The normalized spacial score (nSPS) is 15.2. The summed E-state index contributed by atoms with van der Waals surface area (Å²) in [6, 6.07) is 0.659. The first kappa shape index (κ1) is 12.6. The van der Waals surface area contributed by atoms with E-state index in [1.165, 1.54) is 12.8 Å². The fraction of sp³-hybridized carbons (Fsp3) is 0.667. The maximum atomic E-state index is 11.8. The zero-order valence-corrected chi connectivity index (χ0v) is 11.0. The lowest BCUT2D eigenvalue weighted by Crippen LogP contribution is -2.21. The number of hydrogen-bond acceptors (Lipinski definition) is 3. The zero-order valence-electron chi connectivity index (χ0n) is 10.3. The molecular weight excluding hydrogens is 238 g/mol. The lowest BCUT2D eigenvalue weighted by molar-refractivity contribution is -0.118. The second kappa shape index (κ2) is 5.19. The van der Waals surface area contributed by atoms with Crippen LogP contribution in [0.2, 0.25) is 5.15 Å². The number of carbonyl (C=O) groups is 1. The Morgan fingerprint density at radius 2 is 2.29 bits per heavy atom. The Kier molecular flexibility index (Phi) is 3.84. The van der Waals surface area contributed by atoms with Crippen molar-refractivity contribution < 1.29 is 4.79 Å². The van der Waals surface area contributed by atoms with Crippen molar-refractivity contribution in [2.45, 2.75) is 38.6 Å². The van der Waals surface area contributed by atoms with E-state index >= 15 is 0 Å². The molecule has 0 unspecified atom stereocenters. The maximum Gasteiger partial charge on any atom is 0.138 e. The second-order valence-electron chi connectivity index (χ2n) is 4.67. The van der Waals surface area contributed by atoms with Gasteiger partial charge < -0.3 is 5.32 Å². The summed E-state index contributed by atoms with van der Waals surface area (Å²) in [6.07, 6.45) is 3.47. The molecule has 1 N–H and O–H groups in total. The number of aryl methyl sites for hydroxylation is 2. The molecule has 5 heteroatoms. The summed E-state index contributed by atoms with van der Waals surface area (Å²) in [5.74, 6) is 0.219.